The highest BCUT2D eigenvalue weighted by atomic mass is 16.4. The van der Waals surface area contributed by atoms with E-state index in [9.17, 15) is 14.4 Å². The van der Waals surface area contributed by atoms with E-state index < -0.39 is 22.9 Å². The Balaban J connectivity index is 3.63. The molecule has 0 fully saturated rings. The number of rotatable bonds is 3. The summed E-state index contributed by atoms with van der Waals surface area (Å²) >= 11 is 0. The monoisotopic (exact) mass is 211 g/mol. The number of carboxylic acid groups (broad SMARTS) is 1. The average molecular weight is 211 g/mol. The zero-order valence-electron chi connectivity index (χ0n) is 8.01. The van der Waals surface area contributed by atoms with E-state index in [1.807, 2.05) is 0 Å². The highest BCUT2D eigenvalue weighted by Gasteiger charge is 2.16. The molecule has 1 N–H and O–H groups in total. The number of carbonyl (C=O) groups is 1. The second kappa shape index (κ2) is 3.91. The predicted molar refractivity (Wildman–Crippen MR) is 50.9 cm³/mol. The van der Waals surface area contributed by atoms with Crippen molar-refractivity contribution < 1.29 is 9.90 Å². The Kier molecular flexibility index (Phi) is 2.84. The number of nitrogens with zero attached hydrogens (tertiary/aromatic N) is 3. The number of aryl methyl sites for hydroxylation is 1. The van der Waals surface area contributed by atoms with E-state index in [2.05, 4.69) is 11.7 Å². The molecule has 1 heterocycles. The van der Waals surface area contributed by atoms with E-state index in [1.165, 1.54) is 13.1 Å². The van der Waals surface area contributed by atoms with E-state index in [1.54, 1.807) is 0 Å². The highest BCUT2D eigenvalue weighted by Crippen LogP contribution is 1.82. The lowest BCUT2D eigenvalue weighted by molar-refractivity contribution is 0.0683. The minimum absolute atomic E-state index is 0.0473. The van der Waals surface area contributed by atoms with Crippen LogP contribution in [0, 0.1) is 0 Å². The molecule has 0 aliphatic carbocycles. The molecule has 0 bridgehead atoms. The van der Waals surface area contributed by atoms with Crippen LogP contribution >= 0.6 is 0 Å². The number of allylic oxidation sites excluding steroid dienone is 1. The molecule has 7 nitrogen and oxygen atoms in total. The van der Waals surface area contributed by atoms with Gasteiger partial charge in [-0.05, 0) is 0 Å². The minimum Gasteiger partial charge on any atom is -0.476 e. The molecule has 0 amide bonds. The molecule has 15 heavy (non-hydrogen) atoms. The number of carboxylic acids is 1. The molecule has 0 radical (unpaired) electrons. The van der Waals surface area contributed by atoms with Gasteiger partial charge in [-0.15, -0.1) is 6.58 Å². The van der Waals surface area contributed by atoms with Crippen LogP contribution in [0.1, 0.15) is 10.5 Å². The molecule has 1 aromatic heterocycles. The zero-order chi connectivity index (χ0) is 11.6. The largest absolute Gasteiger partial charge is 0.476 e. The van der Waals surface area contributed by atoms with Crippen LogP contribution in [0.4, 0.5) is 0 Å². The van der Waals surface area contributed by atoms with E-state index in [-0.39, 0.29) is 6.54 Å². The summed E-state index contributed by atoms with van der Waals surface area (Å²) in [4.78, 5) is 33.4. The molecule has 0 unspecified atom stereocenters. The lowest BCUT2D eigenvalue weighted by Crippen LogP contribution is -2.43. The molecular weight excluding hydrogens is 202 g/mol. The third-order valence-corrected chi connectivity index (χ3v) is 1.72. The van der Waals surface area contributed by atoms with Gasteiger partial charge in [0.15, 0.2) is 0 Å². The Morgan fingerprint density at radius 3 is 2.67 bits per heavy atom. The summed E-state index contributed by atoms with van der Waals surface area (Å²) in [7, 11) is 1.27. The molecule has 80 valence electrons. The standard InChI is InChI=1S/C8H9N3O4/c1-3-4-11-6(12)5(7(13)14)9-10(2)8(11)15/h3H,1,4H2,2H3,(H,13,14). The number of hydrogen-bond acceptors (Lipinski definition) is 4. The first-order chi connectivity index (χ1) is 6.99. The fraction of sp³-hybridized carbons (Fsp3) is 0.250. The van der Waals surface area contributed by atoms with Crippen LogP contribution in [0.5, 0.6) is 0 Å². The van der Waals surface area contributed by atoms with Crippen molar-refractivity contribution in [3.05, 3.63) is 39.2 Å². The van der Waals surface area contributed by atoms with Gasteiger partial charge in [0, 0.05) is 13.6 Å². The second-order valence-corrected chi connectivity index (χ2v) is 2.76. The fourth-order valence-corrected chi connectivity index (χ4v) is 1.05. The molecule has 7 heteroatoms. The Morgan fingerprint density at radius 2 is 2.20 bits per heavy atom. The lowest BCUT2D eigenvalue weighted by atomic mass is 10.4. The van der Waals surface area contributed by atoms with Gasteiger partial charge in [0.2, 0.25) is 5.69 Å². The molecule has 1 aromatic rings. The van der Waals surface area contributed by atoms with Crippen LogP contribution in [0.15, 0.2) is 22.2 Å². The van der Waals surface area contributed by atoms with Crippen molar-refractivity contribution in [3.8, 4) is 0 Å². The van der Waals surface area contributed by atoms with E-state index >= 15 is 0 Å². The number of aromatic carboxylic acids is 1. The van der Waals surface area contributed by atoms with Crippen molar-refractivity contribution in [2.45, 2.75) is 6.54 Å². The number of hydrogen-bond donors (Lipinski definition) is 1. The summed E-state index contributed by atoms with van der Waals surface area (Å²) in [5.41, 5.74) is -2.28. The molecular formula is C8H9N3O4. The van der Waals surface area contributed by atoms with Gasteiger partial charge in [0.05, 0.1) is 0 Å². The third kappa shape index (κ3) is 1.85. The van der Waals surface area contributed by atoms with Crippen LogP contribution < -0.4 is 11.2 Å². The normalized spacial score (nSPS) is 9.93. The van der Waals surface area contributed by atoms with Gasteiger partial charge in [0.1, 0.15) is 0 Å². The van der Waals surface area contributed by atoms with Crippen LogP contribution in [-0.4, -0.2) is 25.4 Å². The van der Waals surface area contributed by atoms with Crippen LogP contribution in [0.25, 0.3) is 0 Å². The minimum atomic E-state index is -1.46. The topological polar surface area (TPSA) is 94.2 Å². The van der Waals surface area contributed by atoms with E-state index in [4.69, 9.17) is 5.11 Å². The van der Waals surface area contributed by atoms with Crippen molar-refractivity contribution in [1.82, 2.24) is 14.3 Å². The van der Waals surface area contributed by atoms with Crippen LogP contribution in [-0.2, 0) is 13.6 Å². The molecule has 0 saturated carbocycles. The highest BCUT2D eigenvalue weighted by molar-refractivity contribution is 5.84. The van der Waals surface area contributed by atoms with Gasteiger partial charge in [-0.25, -0.2) is 14.3 Å². The molecule has 0 aliphatic heterocycles. The molecule has 1 rings (SSSR count). The SMILES string of the molecule is C=CCn1c(=O)c(C(=O)O)nn(C)c1=O. The van der Waals surface area contributed by atoms with Crippen LogP contribution in [0.2, 0.25) is 0 Å². The Labute approximate surface area is 83.9 Å². The smallest absolute Gasteiger partial charge is 0.362 e. The van der Waals surface area contributed by atoms with Crippen molar-refractivity contribution in [1.29, 1.82) is 0 Å². The van der Waals surface area contributed by atoms with Gasteiger partial charge < -0.3 is 5.11 Å². The van der Waals surface area contributed by atoms with Crippen molar-refractivity contribution in [2.24, 2.45) is 7.05 Å². The number of aromatic nitrogens is 3. The summed E-state index contributed by atoms with van der Waals surface area (Å²) < 4.78 is 1.55. The van der Waals surface area contributed by atoms with Gasteiger partial charge in [-0.1, -0.05) is 6.08 Å². The Hall–Kier alpha value is -2.18. The summed E-state index contributed by atoms with van der Waals surface area (Å²) in [5, 5.41) is 12.0. The van der Waals surface area contributed by atoms with E-state index in [0.29, 0.717) is 0 Å². The zero-order valence-corrected chi connectivity index (χ0v) is 8.01. The first kappa shape index (κ1) is 10.9. The first-order valence-electron chi connectivity index (χ1n) is 4.01. The summed E-state index contributed by atoms with van der Waals surface area (Å²) in [5.74, 6) is -1.46. The molecule has 0 atom stereocenters. The van der Waals surface area contributed by atoms with Crippen molar-refractivity contribution in [3.63, 3.8) is 0 Å². The molecule has 0 spiro atoms. The Bertz CT molecular complexity index is 526. The van der Waals surface area contributed by atoms with Gasteiger partial charge in [-0.2, -0.15) is 5.10 Å². The van der Waals surface area contributed by atoms with E-state index in [0.717, 1.165) is 9.25 Å². The maximum absolute atomic E-state index is 11.4. The fourth-order valence-electron chi connectivity index (χ4n) is 1.05. The van der Waals surface area contributed by atoms with Crippen molar-refractivity contribution >= 4 is 5.97 Å². The maximum atomic E-state index is 11.4. The average Bonchev–Trinajstić information content (AvgIpc) is 2.18. The maximum Gasteiger partial charge on any atom is 0.362 e. The molecule has 0 aliphatic rings. The second-order valence-electron chi connectivity index (χ2n) is 2.76. The van der Waals surface area contributed by atoms with Crippen molar-refractivity contribution in [2.75, 3.05) is 0 Å². The van der Waals surface area contributed by atoms with Gasteiger partial charge >= 0.3 is 11.7 Å². The van der Waals surface area contributed by atoms with Crippen LogP contribution in [0.3, 0.4) is 0 Å². The van der Waals surface area contributed by atoms with Gasteiger partial charge in [-0.3, -0.25) is 9.36 Å². The summed E-state index contributed by atoms with van der Waals surface area (Å²) in [6, 6.07) is 0. The first-order valence-corrected chi connectivity index (χ1v) is 4.01. The van der Waals surface area contributed by atoms with Gasteiger partial charge in [0.25, 0.3) is 5.56 Å². The molecule has 0 saturated heterocycles. The predicted octanol–water partition coefficient (Wildman–Crippen LogP) is -1.17. The summed E-state index contributed by atoms with van der Waals surface area (Å²) in [6.45, 7) is 3.32. The summed E-state index contributed by atoms with van der Waals surface area (Å²) in [6.07, 6.45) is 1.33. The quantitative estimate of drug-likeness (QED) is 0.635. The third-order valence-electron chi connectivity index (χ3n) is 1.72. The molecule has 0 aromatic carbocycles. The lowest BCUT2D eigenvalue weighted by Gasteiger charge is -2.04. The Morgan fingerprint density at radius 1 is 1.60 bits per heavy atom.